The van der Waals surface area contributed by atoms with Crippen LogP contribution in [-0.4, -0.2) is 48.5 Å². The van der Waals surface area contributed by atoms with E-state index in [4.69, 9.17) is 14.0 Å². The van der Waals surface area contributed by atoms with E-state index in [1.807, 2.05) is 52.0 Å². The molecule has 1 amide bonds. The van der Waals surface area contributed by atoms with E-state index in [0.717, 1.165) is 11.5 Å². The lowest BCUT2D eigenvalue weighted by Gasteiger charge is -2.32. The number of nitriles is 1. The third-order valence-corrected chi connectivity index (χ3v) is 7.74. The van der Waals surface area contributed by atoms with Crippen molar-refractivity contribution in [2.75, 3.05) is 11.9 Å². The number of anilines is 1. The van der Waals surface area contributed by atoms with Crippen molar-refractivity contribution in [1.82, 2.24) is 9.55 Å². The van der Waals surface area contributed by atoms with Crippen molar-refractivity contribution in [3.63, 3.8) is 0 Å². The summed E-state index contributed by atoms with van der Waals surface area (Å²) in [6.07, 6.45) is 1.53. The summed E-state index contributed by atoms with van der Waals surface area (Å²) < 4.78 is 19.7. The molecule has 1 aromatic carbocycles. The lowest BCUT2D eigenvalue weighted by Crippen LogP contribution is -2.41. The molecule has 1 N–H and O–H groups in total. The van der Waals surface area contributed by atoms with Gasteiger partial charge in [0.05, 0.1) is 11.2 Å². The standard InChI is InChI=1S/C23H33BN4O4Si/c1-22(2)23(3,4)32-24(31-22)18-10-8-9-11-19(18)27-21(29)20-26-17(14-25)15-28(20)16-30-12-13-33(5,6)7/h8-11,15H,12-13,16H2,1-7H3,(H,27,29). The van der Waals surface area contributed by atoms with Gasteiger partial charge in [-0.25, -0.2) is 4.98 Å². The fourth-order valence-corrected chi connectivity index (χ4v) is 4.01. The van der Waals surface area contributed by atoms with Crippen molar-refractivity contribution < 1.29 is 18.8 Å². The molecule has 0 bridgehead atoms. The van der Waals surface area contributed by atoms with Crippen LogP contribution < -0.4 is 10.8 Å². The van der Waals surface area contributed by atoms with Gasteiger partial charge in [-0.1, -0.05) is 37.8 Å². The maximum atomic E-state index is 13.1. The zero-order valence-corrected chi connectivity index (χ0v) is 21.6. The Balaban J connectivity index is 1.78. The number of amides is 1. The second-order valence-corrected chi connectivity index (χ2v) is 16.1. The van der Waals surface area contributed by atoms with Crippen molar-refractivity contribution in [1.29, 1.82) is 5.26 Å². The van der Waals surface area contributed by atoms with E-state index in [1.165, 1.54) is 6.20 Å². The summed E-state index contributed by atoms with van der Waals surface area (Å²) in [6.45, 7) is 15.5. The Morgan fingerprint density at radius 1 is 1.21 bits per heavy atom. The zero-order valence-electron chi connectivity index (χ0n) is 20.6. The molecule has 1 fully saturated rings. The average Bonchev–Trinajstić information content (AvgIpc) is 3.22. The number of hydrogen-bond donors (Lipinski definition) is 1. The molecule has 0 atom stereocenters. The number of aromatic nitrogens is 2. The third-order valence-electron chi connectivity index (χ3n) is 6.04. The average molecular weight is 468 g/mol. The molecule has 3 rings (SSSR count). The van der Waals surface area contributed by atoms with E-state index in [1.54, 1.807) is 10.6 Å². The molecule has 1 aliphatic heterocycles. The lowest BCUT2D eigenvalue weighted by molar-refractivity contribution is 0.00578. The van der Waals surface area contributed by atoms with E-state index in [2.05, 4.69) is 29.9 Å². The van der Waals surface area contributed by atoms with Crippen LogP contribution in [0.3, 0.4) is 0 Å². The zero-order chi connectivity index (χ0) is 24.4. The molecule has 0 unspecified atom stereocenters. The second-order valence-electron chi connectivity index (χ2n) is 10.5. The molecule has 1 saturated heterocycles. The summed E-state index contributed by atoms with van der Waals surface area (Å²) in [6, 6.07) is 10.4. The number of carbonyl (C=O) groups is 1. The summed E-state index contributed by atoms with van der Waals surface area (Å²) >= 11 is 0. The quantitative estimate of drug-likeness (QED) is 0.470. The van der Waals surface area contributed by atoms with Crippen LogP contribution >= 0.6 is 0 Å². The number of benzene rings is 1. The highest BCUT2D eigenvalue weighted by atomic mass is 28.3. The predicted molar refractivity (Wildman–Crippen MR) is 131 cm³/mol. The molecule has 0 aliphatic carbocycles. The predicted octanol–water partition coefficient (Wildman–Crippen LogP) is 3.62. The lowest BCUT2D eigenvalue weighted by atomic mass is 9.78. The van der Waals surface area contributed by atoms with Crippen molar-refractivity contribution in [3.05, 3.63) is 42.0 Å². The topological polar surface area (TPSA) is 98.4 Å². The number of nitrogens with zero attached hydrogens (tertiary/aromatic N) is 3. The molecule has 0 radical (unpaired) electrons. The minimum atomic E-state index is -1.23. The van der Waals surface area contributed by atoms with Gasteiger partial charge in [0, 0.05) is 32.0 Å². The molecule has 2 aromatic rings. The van der Waals surface area contributed by atoms with Gasteiger partial charge in [0.1, 0.15) is 12.8 Å². The minimum Gasteiger partial charge on any atom is -0.399 e. The van der Waals surface area contributed by atoms with Crippen LogP contribution in [0.1, 0.15) is 44.0 Å². The van der Waals surface area contributed by atoms with Crippen LogP contribution in [0.15, 0.2) is 30.5 Å². The SMILES string of the molecule is CC1(C)OB(c2ccccc2NC(=O)c2nc(C#N)cn2COCC[Si](C)(C)C)OC1(C)C. The van der Waals surface area contributed by atoms with E-state index >= 15 is 0 Å². The van der Waals surface area contributed by atoms with Gasteiger partial charge >= 0.3 is 7.12 Å². The molecule has 1 aliphatic rings. The van der Waals surface area contributed by atoms with Crippen LogP contribution in [0, 0.1) is 11.3 Å². The first-order valence-electron chi connectivity index (χ1n) is 11.1. The van der Waals surface area contributed by atoms with Gasteiger partial charge < -0.3 is 23.9 Å². The van der Waals surface area contributed by atoms with Crippen LogP contribution in [0.25, 0.3) is 0 Å². The van der Waals surface area contributed by atoms with E-state index in [-0.39, 0.29) is 18.2 Å². The normalized spacial score (nSPS) is 17.1. The molecule has 2 heterocycles. The molecule has 1 aromatic heterocycles. The first-order chi connectivity index (χ1) is 15.3. The fourth-order valence-electron chi connectivity index (χ4n) is 3.26. The number of rotatable bonds is 8. The van der Waals surface area contributed by atoms with Gasteiger partial charge in [-0.15, -0.1) is 0 Å². The Kier molecular flexibility index (Phi) is 7.19. The molecule has 8 nitrogen and oxygen atoms in total. The first-order valence-corrected chi connectivity index (χ1v) is 14.8. The number of hydrogen-bond acceptors (Lipinski definition) is 6. The molecule has 10 heteroatoms. The maximum Gasteiger partial charge on any atom is 0.496 e. The van der Waals surface area contributed by atoms with Gasteiger partial charge in [-0.05, 0) is 39.8 Å². The Morgan fingerprint density at radius 2 is 1.85 bits per heavy atom. The van der Waals surface area contributed by atoms with Gasteiger partial charge in [0.15, 0.2) is 5.69 Å². The summed E-state index contributed by atoms with van der Waals surface area (Å²) in [5.74, 6) is -0.322. The van der Waals surface area contributed by atoms with E-state index in [0.29, 0.717) is 12.3 Å². The van der Waals surface area contributed by atoms with Crippen molar-refractivity contribution in [2.24, 2.45) is 0 Å². The first kappa shape index (κ1) is 25.2. The fraction of sp³-hybridized carbons (Fsp3) is 0.522. The number of imidazole rings is 1. The number of para-hydroxylation sites is 1. The molecule has 0 spiro atoms. The van der Waals surface area contributed by atoms with Crippen LogP contribution in [0.5, 0.6) is 0 Å². The minimum absolute atomic E-state index is 0.114. The van der Waals surface area contributed by atoms with Crippen molar-refractivity contribution >= 4 is 32.2 Å². The van der Waals surface area contributed by atoms with Gasteiger partial charge in [0.25, 0.3) is 5.91 Å². The summed E-state index contributed by atoms with van der Waals surface area (Å²) in [5, 5.41) is 12.2. The Hall–Kier alpha value is -2.45. The Morgan fingerprint density at radius 3 is 2.45 bits per heavy atom. The summed E-state index contributed by atoms with van der Waals surface area (Å²) in [7, 11) is -1.85. The largest absolute Gasteiger partial charge is 0.496 e. The van der Waals surface area contributed by atoms with Crippen molar-refractivity contribution in [3.8, 4) is 6.07 Å². The number of nitrogens with one attached hydrogen (secondary N) is 1. The molecular weight excluding hydrogens is 435 g/mol. The number of carbonyl (C=O) groups excluding carboxylic acids is 1. The molecule has 0 saturated carbocycles. The number of ether oxygens (including phenoxy) is 1. The second kappa shape index (κ2) is 9.43. The highest BCUT2D eigenvalue weighted by Crippen LogP contribution is 2.37. The monoisotopic (exact) mass is 468 g/mol. The van der Waals surface area contributed by atoms with Gasteiger partial charge in [-0.2, -0.15) is 5.26 Å². The molecule has 33 heavy (non-hydrogen) atoms. The molecule has 176 valence electrons. The maximum absolute atomic E-state index is 13.1. The third kappa shape index (κ3) is 5.92. The highest BCUT2D eigenvalue weighted by molar-refractivity contribution is 6.76. The van der Waals surface area contributed by atoms with Gasteiger partial charge in [-0.3, -0.25) is 4.79 Å². The Bertz CT molecular complexity index is 1040. The van der Waals surface area contributed by atoms with Crippen LogP contribution in [0.2, 0.25) is 25.7 Å². The highest BCUT2D eigenvalue weighted by Gasteiger charge is 2.52. The summed E-state index contributed by atoms with van der Waals surface area (Å²) in [4.78, 5) is 17.3. The van der Waals surface area contributed by atoms with E-state index < -0.39 is 32.3 Å². The van der Waals surface area contributed by atoms with Crippen LogP contribution in [0.4, 0.5) is 5.69 Å². The summed E-state index contributed by atoms with van der Waals surface area (Å²) in [5.41, 5.74) is 0.441. The van der Waals surface area contributed by atoms with E-state index in [9.17, 15) is 10.1 Å². The van der Waals surface area contributed by atoms with Crippen molar-refractivity contribution in [2.45, 2.75) is 71.3 Å². The van der Waals surface area contributed by atoms with Gasteiger partial charge in [0.2, 0.25) is 5.82 Å². The van der Waals surface area contributed by atoms with Crippen LogP contribution in [-0.2, 0) is 20.8 Å². The molecular formula is C23H33BN4O4Si. The Labute approximate surface area is 197 Å². The smallest absolute Gasteiger partial charge is 0.399 e.